The molecule has 1 aliphatic heterocycles. The van der Waals surface area contributed by atoms with Crippen molar-refractivity contribution >= 4 is 17.9 Å². The van der Waals surface area contributed by atoms with Crippen molar-refractivity contribution in [3.8, 4) is 0 Å². The number of carbonyl (C=O) groups excluding carboxylic acids is 2. The SMILES string of the molecule is O=C(O)CCC1CCN(C(=O)NCC(=O)NC2CC2)CC1. The van der Waals surface area contributed by atoms with Gasteiger partial charge in [-0.2, -0.15) is 0 Å². The lowest BCUT2D eigenvalue weighted by Crippen LogP contribution is -2.47. The van der Waals surface area contributed by atoms with Crippen molar-refractivity contribution in [2.45, 2.75) is 44.6 Å². The van der Waals surface area contributed by atoms with Crippen molar-refractivity contribution in [1.82, 2.24) is 15.5 Å². The Bertz CT molecular complexity index is 401. The number of nitrogens with zero attached hydrogens (tertiary/aromatic N) is 1. The maximum Gasteiger partial charge on any atom is 0.317 e. The van der Waals surface area contributed by atoms with Crippen LogP contribution in [0, 0.1) is 5.92 Å². The summed E-state index contributed by atoms with van der Waals surface area (Å²) in [5.41, 5.74) is 0. The first-order chi connectivity index (χ1) is 10.0. The third kappa shape index (κ3) is 5.61. The number of piperidine rings is 1. The molecular weight excluding hydrogens is 274 g/mol. The summed E-state index contributed by atoms with van der Waals surface area (Å²) < 4.78 is 0. The molecule has 0 atom stereocenters. The van der Waals surface area contributed by atoms with E-state index in [-0.39, 0.29) is 24.9 Å². The lowest BCUT2D eigenvalue weighted by molar-refractivity contribution is -0.137. The summed E-state index contributed by atoms with van der Waals surface area (Å²) in [6.45, 7) is 1.27. The number of carbonyl (C=O) groups is 3. The van der Waals surface area contributed by atoms with Crippen LogP contribution in [-0.4, -0.2) is 53.6 Å². The molecule has 7 nitrogen and oxygen atoms in total. The maximum atomic E-state index is 11.9. The third-order valence-electron chi connectivity index (χ3n) is 4.01. The first-order valence-corrected chi connectivity index (χ1v) is 7.58. The molecule has 2 fully saturated rings. The van der Waals surface area contributed by atoms with E-state index in [1.54, 1.807) is 4.90 Å². The van der Waals surface area contributed by atoms with Gasteiger partial charge in [0, 0.05) is 25.6 Å². The summed E-state index contributed by atoms with van der Waals surface area (Å²) in [7, 11) is 0. The molecule has 118 valence electrons. The minimum atomic E-state index is -0.767. The number of aliphatic carboxylic acids is 1. The molecule has 21 heavy (non-hydrogen) atoms. The molecule has 0 spiro atoms. The first-order valence-electron chi connectivity index (χ1n) is 7.58. The standard InChI is InChI=1S/C14H23N3O4/c18-12(16-11-2-3-11)9-15-14(21)17-7-5-10(6-8-17)1-4-13(19)20/h10-11H,1-9H2,(H,15,21)(H,16,18)(H,19,20). The van der Waals surface area contributed by atoms with E-state index in [1.807, 2.05) is 0 Å². The Morgan fingerprint density at radius 3 is 2.33 bits per heavy atom. The van der Waals surface area contributed by atoms with Gasteiger partial charge >= 0.3 is 12.0 Å². The van der Waals surface area contributed by atoms with E-state index in [0.717, 1.165) is 25.7 Å². The van der Waals surface area contributed by atoms with Crippen molar-refractivity contribution in [2.75, 3.05) is 19.6 Å². The van der Waals surface area contributed by atoms with Crippen molar-refractivity contribution in [3.63, 3.8) is 0 Å². The predicted octanol–water partition coefficient (Wildman–Crippen LogP) is 0.551. The van der Waals surface area contributed by atoms with Crippen LogP contribution in [-0.2, 0) is 9.59 Å². The quantitative estimate of drug-likeness (QED) is 0.667. The molecule has 1 saturated carbocycles. The number of likely N-dealkylation sites (tertiary alicyclic amines) is 1. The number of hydrogen-bond donors (Lipinski definition) is 3. The molecule has 3 amide bonds. The second kappa shape index (κ2) is 7.28. The zero-order valence-electron chi connectivity index (χ0n) is 12.1. The Morgan fingerprint density at radius 1 is 1.10 bits per heavy atom. The van der Waals surface area contributed by atoms with Gasteiger partial charge < -0.3 is 20.6 Å². The summed E-state index contributed by atoms with van der Waals surface area (Å²) >= 11 is 0. The zero-order valence-corrected chi connectivity index (χ0v) is 12.1. The molecule has 3 N–H and O–H groups in total. The summed E-state index contributed by atoms with van der Waals surface area (Å²) in [6, 6.07) is 0.0945. The summed E-state index contributed by atoms with van der Waals surface area (Å²) in [5.74, 6) is -0.526. The molecule has 7 heteroatoms. The van der Waals surface area contributed by atoms with Crippen molar-refractivity contribution in [2.24, 2.45) is 5.92 Å². The van der Waals surface area contributed by atoms with Gasteiger partial charge in [0.15, 0.2) is 0 Å². The normalized spacial score (nSPS) is 19.1. The van der Waals surface area contributed by atoms with E-state index in [1.165, 1.54) is 0 Å². The van der Waals surface area contributed by atoms with Crippen LogP contribution in [0.4, 0.5) is 4.79 Å². The highest BCUT2D eigenvalue weighted by Crippen LogP contribution is 2.21. The molecule has 1 heterocycles. The van der Waals surface area contributed by atoms with Crippen LogP contribution >= 0.6 is 0 Å². The molecule has 0 aromatic heterocycles. The molecule has 0 radical (unpaired) electrons. The fraction of sp³-hybridized carbons (Fsp3) is 0.786. The van der Waals surface area contributed by atoms with Crippen molar-refractivity contribution in [3.05, 3.63) is 0 Å². The summed E-state index contributed by atoms with van der Waals surface area (Å²) in [5, 5.41) is 14.1. The monoisotopic (exact) mass is 297 g/mol. The van der Waals surface area contributed by atoms with Crippen LogP contribution in [0.2, 0.25) is 0 Å². The first kappa shape index (κ1) is 15.6. The van der Waals surface area contributed by atoms with Gasteiger partial charge in [-0.25, -0.2) is 4.79 Å². The molecule has 2 aliphatic rings. The van der Waals surface area contributed by atoms with Crippen LogP contribution < -0.4 is 10.6 Å². The summed E-state index contributed by atoms with van der Waals surface area (Å²) in [4.78, 5) is 35.6. The van der Waals surface area contributed by atoms with Gasteiger partial charge in [0.1, 0.15) is 0 Å². The lowest BCUT2D eigenvalue weighted by Gasteiger charge is -2.31. The van der Waals surface area contributed by atoms with E-state index < -0.39 is 5.97 Å². The average Bonchev–Trinajstić information content (AvgIpc) is 3.27. The van der Waals surface area contributed by atoms with Gasteiger partial charge in [0.25, 0.3) is 0 Å². The van der Waals surface area contributed by atoms with Gasteiger partial charge in [-0.05, 0) is 38.0 Å². The highest BCUT2D eigenvalue weighted by atomic mass is 16.4. The van der Waals surface area contributed by atoms with E-state index in [9.17, 15) is 14.4 Å². The zero-order chi connectivity index (χ0) is 15.2. The van der Waals surface area contributed by atoms with Gasteiger partial charge in [0.05, 0.1) is 6.54 Å². The smallest absolute Gasteiger partial charge is 0.317 e. The van der Waals surface area contributed by atoms with Gasteiger partial charge in [-0.1, -0.05) is 0 Å². The predicted molar refractivity (Wildman–Crippen MR) is 75.7 cm³/mol. The topological polar surface area (TPSA) is 98.7 Å². The number of amides is 3. The Hall–Kier alpha value is -1.79. The third-order valence-corrected chi connectivity index (χ3v) is 4.01. The van der Waals surface area contributed by atoms with Gasteiger partial charge in [0.2, 0.25) is 5.91 Å². The average molecular weight is 297 g/mol. The van der Waals surface area contributed by atoms with E-state index >= 15 is 0 Å². The fourth-order valence-electron chi connectivity index (χ4n) is 2.53. The Labute approximate surface area is 124 Å². The van der Waals surface area contributed by atoms with Gasteiger partial charge in [-0.3, -0.25) is 9.59 Å². The number of rotatable bonds is 6. The molecule has 2 rings (SSSR count). The molecule has 0 bridgehead atoms. The number of carboxylic acids is 1. The number of hydrogen-bond acceptors (Lipinski definition) is 3. The van der Waals surface area contributed by atoms with Crippen molar-refractivity contribution in [1.29, 1.82) is 0 Å². The molecule has 0 aromatic rings. The highest BCUT2D eigenvalue weighted by molar-refractivity contribution is 5.84. The second-order valence-corrected chi connectivity index (χ2v) is 5.86. The highest BCUT2D eigenvalue weighted by Gasteiger charge is 2.25. The largest absolute Gasteiger partial charge is 0.481 e. The van der Waals surface area contributed by atoms with Crippen LogP contribution in [0.1, 0.15) is 38.5 Å². The lowest BCUT2D eigenvalue weighted by atomic mass is 9.92. The minimum Gasteiger partial charge on any atom is -0.481 e. The molecule has 0 aromatic carbocycles. The number of carboxylic acid groups (broad SMARTS) is 1. The van der Waals surface area contributed by atoms with Crippen LogP contribution in [0.5, 0.6) is 0 Å². The Morgan fingerprint density at radius 2 is 1.76 bits per heavy atom. The Balaban J connectivity index is 1.60. The number of urea groups is 1. The minimum absolute atomic E-state index is 0.0221. The molecule has 1 aliphatic carbocycles. The van der Waals surface area contributed by atoms with Gasteiger partial charge in [-0.15, -0.1) is 0 Å². The number of nitrogens with one attached hydrogen (secondary N) is 2. The van der Waals surface area contributed by atoms with E-state index in [4.69, 9.17) is 5.11 Å². The second-order valence-electron chi connectivity index (χ2n) is 5.86. The van der Waals surface area contributed by atoms with Crippen molar-refractivity contribution < 1.29 is 19.5 Å². The van der Waals surface area contributed by atoms with E-state index in [2.05, 4.69) is 10.6 Å². The Kier molecular flexibility index (Phi) is 5.41. The molecule has 1 saturated heterocycles. The molecular formula is C14H23N3O4. The molecule has 0 unspecified atom stereocenters. The van der Waals surface area contributed by atoms with Crippen LogP contribution in [0.3, 0.4) is 0 Å². The fourth-order valence-corrected chi connectivity index (χ4v) is 2.53. The van der Waals surface area contributed by atoms with Crippen LogP contribution in [0.25, 0.3) is 0 Å². The maximum absolute atomic E-state index is 11.9. The van der Waals surface area contributed by atoms with E-state index in [0.29, 0.717) is 31.5 Å². The van der Waals surface area contributed by atoms with Crippen LogP contribution in [0.15, 0.2) is 0 Å². The summed E-state index contributed by atoms with van der Waals surface area (Å²) in [6.07, 6.45) is 4.59.